The molecule has 0 bridgehead atoms. The minimum absolute atomic E-state index is 0.0282. The van der Waals surface area contributed by atoms with Gasteiger partial charge in [0.05, 0.1) is 5.56 Å². The van der Waals surface area contributed by atoms with Crippen molar-refractivity contribution in [1.29, 1.82) is 0 Å². The molecular formula is C15H13BrF2N2O. The summed E-state index contributed by atoms with van der Waals surface area (Å²) in [6.45, 7) is 0.0282. The number of nitrogen functional groups attached to an aromatic ring is 1. The summed E-state index contributed by atoms with van der Waals surface area (Å²) in [7, 11) is 1.53. The van der Waals surface area contributed by atoms with E-state index in [4.69, 9.17) is 5.73 Å². The van der Waals surface area contributed by atoms with Gasteiger partial charge in [0.25, 0.3) is 5.91 Å². The van der Waals surface area contributed by atoms with Gasteiger partial charge in [0.2, 0.25) is 0 Å². The van der Waals surface area contributed by atoms with Gasteiger partial charge in [-0.3, -0.25) is 4.79 Å². The summed E-state index contributed by atoms with van der Waals surface area (Å²) in [5.41, 5.74) is 6.71. The van der Waals surface area contributed by atoms with Crippen molar-refractivity contribution in [2.45, 2.75) is 6.54 Å². The number of carbonyl (C=O) groups is 1. The van der Waals surface area contributed by atoms with Crippen LogP contribution in [0, 0.1) is 11.6 Å². The molecule has 1 amide bonds. The van der Waals surface area contributed by atoms with E-state index in [9.17, 15) is 13.6 Å². The highest BCUT2D eigenvalue weighted by Gasteiger charge is 2.16. The quantitative estimate of drug-likeness (QED) is 0.856. The Labute approximate surface area is 129 Å². The van der Waals surface area contributed by atoms with Crippen molar-refractivity contribution in [2.75, 3.05) is 12.8 Å². The molecule has 110 valence electrons. The number of anilines is 1. The fourth-order valence-electron chi connectivity index (χ4n) is 1.91. The minimum Gasteiger partial charge on any atom is -0.398 e. The summed E-state index contributed by atoms with van der Waals surface area (Å²) in [4.78, 5) is 13.6. The van der Waals surface area contributed by atoms with Gasteiger partial charge >= 0.3 is 0 Å². The van der Waals surface area contributed by atoms with Crippen LogP contribution in [0.15, 0.2) is 40.9 Å². The highest BCUT2D eigenvalue weighted by molar-refractivity contribution is 9.10. The number of halogens is 3. The van der Waals surface area contributed by atoms with Gasteiger partial charge in [-0.1, -0.05) is 22.0 Å². The Morgan fingerprint density at radius 3 is 2.57 bits per heavy atom. The smallest absolute Gasteiger partial charge is 0.255 e. The molecule has 2 rings (SSSR count). The van der Waals surface area contributed by atoms with Crippen LogP contribution in [0.5, 0.6) is 0 Å². The van der Waals surface area contributed by atoms with E-state index >= 15 is 0 Å². The van der Waals surface area contributed by atoms with E-state index in [2.05, 4.69) is 15.9 Å². The third-order valence-corrected chi connectivity index (χ3v) is 3.51. The van der Waals surface area contributed by atoms with Crippen LogP contribution in [0.4, 0.5) is 14.5 Å². The van der Waals surface area contributed by atoms with Gasteiger partial charge < -0.3 is 10.6 Å². The first-order valence-corrected chi connectivity index (χ1v) is 6.92. The molecule has 3 nitrogen and oxygen atoms in total. The van der Waals surface area contributed by atoms with Crippen molar-refractivity contribution >= 4 is 27.5 Å². The summed E-state index contributed by atoms with van der Waals surface area (Å²) in [6, 6.07) is 8.19. The Bertz CT molecular complexity index is 691. The van der Waals surface area contributed by atoms with Gasteiger partial charge in [-0.25, -0.2) is 8.78 Å². The highest BCUT2D eigenvalue weighted by Crippen LogP contribution is 2.21. The molecule has 6 heteroatoms. The molecule has 0 saturated carbocycles. The predicted molar refractivity (Wildman–Crippen MR) is 80.7 cm³/mol. The van der Waals surface area contributed by atoms with Crippen LogP contribution in [0.3, 0.4) is 0 Å². The van der Waals surface area contributed by atoms with Crippen molar-refractivity contribution < 1.29 is 13.6 Å². The number of amides is 1. The van der Waals surface area contributed by atoms with Crippen molar-refractivity contribution in [3.8, 4) is 0 Å². The van der Waals surface area contributed by atoms with Crippen molar-refractivity contribution in [3.05, 3.63) is 63.6 Å². The van der Waals surface area contributed by atoms with Gasteiger partial charge in [0.1, 0.15) is 11.6 Å². The number of rotatable bonds is 3. The number of benzene rings is 2. The molecule has 0 aliphatic heterocycles. The molecule has 0 radical (unpaired) electrons. The zero-order valence-electron chi connectivity index (χ0n) is 11.2. The van der Waals surface area contributed by atoms with E-state index < -0.39 is 11.6 Å². The van der Waals surface area contributed by atoms with Crippen LogP contribution in [-0.4, -0.2) is 17.9 Å². The second kappa shape index (κ2) is 6.22. The van der Waals surface area contributed by atoms with E-state index in [1.807, 2.05) is 0 Å². The number of nitrogens with two attached hydrogens (primary N) is 1. The Hall–Kier alpha value is -1.95. The fourth-order valence-corrected chi connectivity index (χ4v) is 2.29. The van der Waals surface area contributed by atoms with Gasteiger partial charge in [0.15, 0.2) is 0 Å². The van der Waals surface area contributed by atoms with Crippen LogP contribution in [-0.2, 0) is 6.54 Å². The number of hydrogen-bond donors (Lipinski definition) is 1. The molecule has 0 saturated heterocycles. The van der Waals surface area contributed by atoms with Crippen LogP contribution >= 0.6 is 15.9 Å². The first-order valence-electron chi connectivity index (χ1n) is 6.13. The van der Waals surface area contributed by atoms with Gasteiger partial charge in [-0.2, -0.15) is 0 Å². The molecule has 21 heavy (non-hydrogen) atoms. The third-order valence-electron chi connectivity index (χ3n) is 3.01. The standard InChI is InChI=1S/C15H13BrF2N2O/c1-20(8-9-2-4-11(17)7-13(9)18)15(21)12-5-3-10(16)6-14(12)19/h2-7H,8,19H2,1H3. The normalized spacial score (nSPS) is 10.5. The summed E-state index contributed by atoms with van der Waals surface area (Å²) in [5, 5.41) is 0. The Balaban J connectivity index is 2.19. The minimum atomic E-state index is -0.682. The first-order chi connectivity index (χ1) is 9.88. The molecular weight excluding hydrogens is 342 g/mol. The van der Waals surface area contributed by atoms with E-state index in [0.29, 0.717) is 11.3 Å². The first kappa shape index (κ1) is 15.4. The zero-order chi connectivity index (χ0) is 15.6. The van der Waals surface area contributed by atoms with Gasteiger partial charge in [0, 0.05) is 35.4 Å². The van der Waals surface area contributed by atoms with E-state index in [1.54, 1.807) is 18.2 Å². The lowest BCUT2D eigenvalue weighted by Crippen LogP contribution is -2.27. The average Bonchev–Trinajstić information content (AvgIpc) is 2.41. The molecule has 0 fully saturated rings. The second-order valence-corrected chi connectivity index (χ2v) is 5.54. The SMILES string of the molecule is CN(Cc1ccc(F)cc1F)C(=O)c1ccc(Br)cc1N. The van der Waals surface area contributed by atoms with E-state index in [1.165, 1.54) is 18.0 Å². The lowest BCUT2D eigenvalue weighted by molar-refractivity contribution is 0.0785. The summed E-state index contributed by atoms with van der Waals surface area (Å²) in [6.07, 6.45) is 0. The van der Waals surface area contributed by atoms with Gasteiger partial charge in [-0.05, 0) is 24.3 Å². The largest absolute Gasteiger partial charge is 0.398 e. The number of hydrogen-bond acceptors (Lipinski definition) is 2. The zero-order valence-corrected chi connectivity index (χ0v) is 12.8. The lowest BCUT2D eigenvalue weighted by atomic mass is 10.1. The maximum Gasteiger partial charge on any atom is 0.255 e. The molecule has 0 heterocycles. The van der Waals surface area contributed by atoms with Crippen LogP contribution < -0.4 is 5.73 Å². The summed E-state index contributed by atoms with van der Waals surface area (Å²) >= 11 is 3.26. The van der Waals surface area contributed by atoms with Crippen LogP contribution in [0.1, 0.15) is 15.9 Å². The van der Waals surface area contributed by atoms with Crippen molar-refractivity contribution in [2.24, 2.45) is 0 Å². The molecule has 2 N–H and O–H groups in total. The number of nitrogens with zero attached hydrogens (tertiary/aromatic N) is 1. The Kier molecular flexibility index (Phi) is 4.57. The van der Waals surface area contributed by atoms with Gasteiger partial charge in [-0.15, -0.1) is 0 Å². The molecule has 0 aliphatic rings. The Morgan fingerprint density at radius 2 is 1.95 bits per heavy atom. The Morgan fingerprint density at radius 1 is 1.24 bits per heavy atom. The summed E-state index contributed by atoms with van der Waals surface area (Å²) in [5.74, 6) is -1.66. The van der Waals surface area contributed by atoms with Crippen molar-refractivity contribution in [3.63, 3.8) is 0 Å². The third kappa shape index (κ3) is 3.58. The molecule has 0 atom stereocenters. The van der Waals surface area contributed by atoms with E-state index in [-0.39, 0.29) is 18.0 Å². The maximum atomic E-state index is 13.6. The molecule has 2 aromatic rings. The second-order valence-electron chi connectivity index (χ2n) is 4.63. The lowest BCUT2D eigenvalue weighted by Gasteiger charge is -2.18. The van der Waals surface area contributed by atoms with E-state index in [0.717, 1.165) is 16.6 Å². The topological polar surface area (TPSA) is 46.3 Å². The van der Waals surface area contributed by atoms with Crippen molar-refractivity contribution in [1.82, 2.24) is 4.90 Å². The molecule has 0 spiro atoms. The maximum absolute atomic E-state index is 13.6. The molecule has 2 aromatic carbocycles. The monoisotopic (exact) mass is 354 g/mol. The average molecular weight is 355 g/mol. The summed E-state index contributed by atoms with van der Waals surface area (Å²) < 4.78 is 27.2. The number of carbonyl (C=O) groups excluding carboxylic acids is 1. The molecule has 0 aliphatic carbocycles. The molecule has 0 unspecified atom stereocenters. The highest BCUT2D eigenvalue weighted by atomic mass is 79.9. The molecule has 0 aromatic heterocycles. The van der Waals surface area contributed by atoms with Crippen LogP contribution in [0.2, 0.25) is 0 Å². The fraction of sp³-hybridized carbons (Fsp3) is 0.133. The van der Waals surface area contributed by atoms with Crippen LogP contribution in [0.25, 0.3) is 0 Å². The predicted octanol–water partition coefficient (Wildman–Crippen LogP) is 3.58.